The summed E-state index contributed by atoms with van der Waals surface area (Å²) in [5.41, 5.74) is -1.15. The van der Waals surface area contributed by atoms with E-state index in [4.69, 9.17) is 47.2 Å². The van der Waals surface area contributed by atoms with Crippen molar-refractivity contribution >= 4 is 72.1 Å². The van der Waals surface area contributed by atoms with E-state index in [0.717, 1.165) is 45.6 Å². The number of carbonyl (C=O) groups excluding carboxylic acids is 11. The van der Waals surface area contributed by atoms with Gasteiger partial charge in [-0.2, -0.15) is 0 Å². The van der Waals surface area contributed by atoms with Crippen molar-refractivity contribution in [1.82, 2.24) is 26.6 Å². The van der Waals surface area contributed by atoms with Crippen LogP contribution in [-0.4, -0.2) is 324 Å². The molecule has 125 heavy (non-hydrogen) atoms. The lowest BCUT2D eigenvalue weighted by Crippen LogP contribution is -2.64. The number of hydrogen-bond acceptors (Lipinski definition) is 33. The van der Waals surface area contributed by atoms with E-state index in [9.17, 15) is 113 Å². The highest BCUT2D eigenvalue weighted by Gasteiger charge is 2.49. The number of rotatable bonds is 73. The second kappa shape index (κ2) is 63.7. The molecule has 5 amide bonds. The Hall–Kier alpha value is -5.28. The fraction of sp³-hybridized carbons (Fsp3) is 0.871. The molecule has 722 valence electrons. The molecule has 39 nitrogen and oxygen atoms in total. The first kappa shape index (κ1) is 112. The molecule has 0 radical (unpaired) electrons. The molecule has 3 saturated heterocycles. The van der Waals surface area contributed by atoms with Crippen LogP contribution in [-0.2, 0) is 109 Å². The topological polar surface area (TPSA) is 589 Å². The first-order valence-electron chi connectivity index (χ1n) is 44.9. The highest BCUT2D eigenvalue weighted by atomic mass is 31.2. The molecule has 4 fully saturated rings. The highest BCUT2D eigenvalue weighted by molar-refractivity contribution is 7.47. The predicted octanol–water partition coefficient (Wildman–Crippen LogP) is 1.96. The molecule has 0 aromatic heterocycles. The molecule has 0 spiro atoms. The molecule has 40 heteroatoms. The van der Waals surface area contributed by atoms with Crippen LogP contribution < -0.4 is 26.6 Å². The van der Waals surface area contributed by atoms with Crippen LogP contribution >= 0.6 is 7.82 Å². The summed E-state index contributed by atoms with van der Waals surface area (Å²) in [4.78, 5) is 151. The van der Waals surface area contributed by atoms with E-state index in [1.807, 2.05) is 0 Å². The van der Waals surface area contributed by atoms with Gasteiger partial charge in [-0.05, 0) is 102 Å². The monoisotopic (exact) mass is 1810 g/mol. The number of carbonyl (C=O) groups is 11. The molecule has 3 heterocycles. The average Bonchev–Trinajstić information content (AvgIpc) is 1.57. The van der Waals surface area contributed by atoms with Gasteiger partial charge in [0.25, 0.3) is 0 Å². The fourth-order valence-electron chi connectivity index (χ4n) is 15.5. The SMILES string of the molecule is COP(=O)(O)OCC1C[C@@H](O)CC1C(=O)CCCCCCCCCCC(=O)CC(COCCC(=O)CCCCCC(=O)CCCCO[C@@H]1OC(CO)[C@H](O)[C@H](O)C1NC(C)=O)(COCCC(=O)CCCCCC(=O)CCCCO[C@@H]1OC(CO)[C@H](O)[C@H](O)C1NC(C)=O)COCCC(=O)NCCCNC(=O)CCCCO[C@H]1OC(CO)[C@@H](O)[C@@H](O)C1NC(C)=O. The van der Waals surface area contributed by atoms with Gasteiger partial charge >= 0.3 is 7.82 Å². The second-order valence-electron chi connectivity index (χ2n) is 33.5. The normalized spacial score (nSPS) is 26.0. The zero-order chi connectivity index (χ0) is 92.1. The molecule has 3 aliphatic heterocycles. The lowest BCUT2D eigenvalue weighted by atomic mass is 9.83. The number of unbranched alkanes of at least 4 members (excludes halogenated alkanes) is 14. The summed E-state index contributed by atoms with van der Waals surface area (Å²) in [7, 11) is -3.19. The van der Waals surface area contributed by atoms with Crippen LogP contribution in [0, 0.1) is 17.3 Å². The first-order valence-corrected chi connectivity index (χ1v) is 46.4. The Labute approximate surface area is 733 Å². The van der Waals surface area contributed by atoms with E-state index < -0.39 is 161 Å². The van der Waals surface area contributed by atoms with Crippen molar-refractivity contribution in [3.05, 3.63) is 0 Å². The summed E-state index contributed by atoms with van der Waals surface area (Å²) in [5.74, 6) is -3.17. The van der Waals surface area contributed by atoms with E-state index in [1.54, 1.807) is 0 Å². The number of Topliss-reactive ketones (excluding diaryl/α,β-unsaturated/α-hetero) is 6. The second-order valence-corrected chi connectivity index (χ2v) is 35.0. The minimum Gasteiger partial charge on any atom is -0.394 e. The van der Waals surface area contributed by atoms with Gasteiger partial charge < -0.3 is 125 Å². The molecule has 4 aliphatic rings. The number of aliphatic hydroxyl groups excluding tert-OH is 10. The lowest BCUT2D eigenvalue weighted by Gasteiger charge is -2.42. The van der Waals surface area contributed by atoms with Gasteiger partial charge in [0.05, 0.1) is 72.2 Å². The van der Waals surface area contributed by atoms with Crippen molar-refractivity contribution in [2.24, 2.45) is 17.3 Å². The van der Waals surface area contributed by atoms with Crippen molar-refractivity contribution in [3.63, 3.8) is 0 Å². The lowest BCUT2D eigenvalue weighted by molar-refractivity contribution is -0.270. The number of ketones is 6. The maximum Gasteiger partial charge on any atom is 0.471 e. The fourth-order valence-corrected chi connectivity index (χ4v) is 16.0. The van der Waals surface area contributed by atoms with Crippen LogP contribution in [0.3, 0.4) is 0 Å². The Bertz CT molecular complexity index is 2960. The van der Waals surface area contributed by atoms with Crippen molar-refractivity contribution < 1.29 is 165 Å². The maximum atomic E-state index is 14.2. The van der Waals surface area contributed by atoms with Crippen LogP contribution in [0.15, 0.2) is 0 Å². The van der Waals surface area contributed by atoms with Crippen molar-refractivity contribution in [3.8, 4) is 0 Å². The van der Waals surface area contributed by atoms with Crippen LogP contribution in [0.1, 0.15) is 252 Å². The standard InChI is InChI=1S/C85H148N5O34P/c1-56(94)88-73-79(109)76(106)68(49-91)122-82(73)118-40-22-19-30-60(97)26-14-11-16-28-62(99)35-43-115-53-85(48-64(101)32-13-9-7-5-6-8-10-18-33-67(103)66-47-65(102)46-59(66)52-121-125(112,113)114-4,54-116-44-36-63(100)29-17-12-15-27-61(98)31-20-23-41-119-83-74(89-57(2)95)80(110)77(107)69(50-92)123-83)55-117-45-37-72(105)87-39-25-38-86-71(104)34-21-24-42-120-84-75(90-58(3)96)81(111)78(108)70(51-93)124-84/h59,65-66,68-70,73-84,91-93,102,106-111H,5-55H2,1-4H3,(H,86,104)(H,87,105)(H,88,94)(H,89,95)(H,90,96)(H,112,113)/t59?,65-,66?,68?,69?,70?,73?,74?,75?,76+,77+,78-,79-,80-,81+,82-,83-,84+,85?/m1/s1. The third-order valence-corrected chi connectivity index (χ3v) is 23.6. The van der Waals surface area contributed by atoms with Crippen molar-refractivity contribution in [2.45, 2.75) is 350 Å². The molecule has 1 aliphatic carbocycles. The number of amides is 5. The van der Waals surface area contributed by atoms with E-state index in [0.29, 0.717) is 116 Å². The third kappa shape index (κ3) is 45.9. The minimum absolute atomic E-state index is 0.0152. The number of nitrogens with one attached hydrogen (secondary N) is 5. The van der Waals surface area contributed by atoms with Gasteiger partial charge in [0.1, 0.15) is 108 Å². The molecular formula is C85H148N5O34P. The largest absolute Gasteiger partial charge is 0.471 e. The molecule has 0 aromatic rings. The van der Waals surface area contributed by atoms with Gasteiger partial charge in [-0.1, -0.05) is 51.4 Å². The van der Waals surface area contributed by atoms with Gasteiger partial charge in [0.15, 0.2) is 18.9 Å². The number of hydrogen-bond donors (Lipinski definition) is 16. The van der Waals surface area contributed by atoms with E-state index in [2.05, 4.69) is 31.1 Å². The van der Waals surface area contributed by atoms with E-state index in [1.165, 1.54) is 20.8 Å². The van der Waals surface area contributed by atoms with Crippen molar-refractivity contribution in [2.75, 3.05) is 106 Å². The Kier molecular flexibility index (Phi) is 57.1. The summed E-state index contributed by atoms with van der Waals surface area (Å²) in [5, 5.41) is 115. The summed E-state index contributed by atoms with van der Waals surface area (Å²) in [6.45, 7) is 2.09. The zero-order valence-corrected chi connectivity index (χ0v) is 74.6. The summed E-state index contributed by atoms with van der Waals surface area (Å²) >= 11 is 0. The number of ether oxygens (including phenoxy) is 9. The Morgan fingerprint density at radius 3 is 1.07 bits per heavy atom. The van der Waals surface area contributed by atoms with Gasteiger partial charge in [0, 0.05) is 156 Å². The minimum atomic E-state index is -4.24. The van der Waals surface area contributed by atoms with Gasteiger partial charge in [-0.15, -0.1) is 0 Å². The summed E-state index contributed by atoms with van der Waals surface area (Å²) < 4.78 is 74.1. The van der Waals surface area contributed by atoms with Crippen LogP contribution in [0.4, 0.5) is 0 Å². The van der Waals surface area contributed by atoms with Crippen LogP contribution in [0.2, 0.25) is 0 Å². The third-order valence-electron chi connectivity index (χ3n) is 22.6. The molecule has 0 aromatic carbocycles. The molecule has 4 rings (SSSR count). The summed E-state index contributed by atoms with van der Waals surface area (Å²) in [6, 6.07) is -3.26. The molecule has 19 atom stereocenters. The first-order chi connectivity index (χ1) is 59.8. The predicted molar refractivity (Wildman–Crippen MR) is 447 cm³/mol. The van der Waals surface area contributed by atoms with E-state index in [-0.39, 0.29) is 203 Å². The van der Waals surface area contributed by atoms with Gasteiger partial charge in [0.2, 0.25) is 29.5 Å². The highest BCUT2D eigenvalue weighted by Crippen LogP contribution is 2.45. The Morgan fingerprint density at radius 1 is 0.384 bits per heavy atom. The van der Waals surface area contributed by atoms with Crippen molar-refractivity contribution in [1.29, 1.82) is 0 Å². The smallest absolute Gasteiger partial charge is 0.394 e. The molecule has 1 saturated carbocycles. The molecule has 9 unspecified atom stereocenters. The van der Waals surface area contributed by atoms with Crippen LogP contribution in [0.5, 0.6) is 0 Å². The van der Waals surface area contributed by atoms with E-state index >= 15 is 0 Å². The maximum absolute atomic E-state index is 14.2. The number of aliphatic hydroxyl groups is 10. The van der Waals surface area contributed by atoms with Gasteiger partial charge in [-0.3, -0.25) is 61.8 Å². The molecule has 0 bridgehead atoms. The Balaban J connectivity index is 1.31. The quantitative estimate of drug-likeness (QED) is 0.0306. The molecular weight excluding hydrogens is 1670 g/mol. The number of phosphoric ester groups is 1. The Morgan fingerprint density at radius 2 is 0.704 bits per heavy atom. The number of phosphoric acid groups is 1. The molecule has 16 N–H and O–H groups in total. The van der Waals surface area contributed by atoms with Gasteiger partial charge in [-0.25, -0.2) is 4.57 Å². The van der Waals surface area contributed by atoms with Crippen LogP contribution in [0.25, 0.3) is 0 Å². The average molecular weight is 1820 g/mol. The zero-order valence-electron chi connectivity index (χ0n) is 73.7. The summed E-state index contributed by atoms with van der Waals surface area (Å²) in [6.07, 6.45) is -0.837.